The molecule has 0 aromatic heterocycles. The van der Waals surface area contributed by atoms with Crippen molar-refractivity contribution in [2.45, 2.75) is 400 Å². The smallest absolute Gasteiger partial charge is 0.462 e. The molecule has 0 spiro atoms. The zero-order valence-electron chi connectivity index (χ0n) is 59.7. The summed E-state index contributed by atoms with van der Waals surface area (Å²) in [5.41, 5.74) is 0. The highest BCUT2D eigenvalue weighted by atomic mass is 31.2. The van der Waals surface area contributed by atoms with Crippen LogP contribution in [0.15, 0.2) is 0 Å². The second kappa shape index (κ2) is 66.3. The predicted molar refractivity (Wildman–Crippen MR) is 372 cm³/mol. The van der Waals surface area contributed by atoms with Crippen LogP contribution in [0.25, 0.3) is 0 Å². The second-order valence-electron chi connectivity index (χ2n) is 26.8. The number of ether oxygens (including phenoxy) is 4. The van der Waals surface area contributed by atoms with Crippen LogP contribution in [0.3, 0.4) is 0 Å². The molecule has 17 nitrogen and oxygen atoms in total. The number of carbonyl (C=O) groups excluding carboxylic acids is 4. The molecule has 0 bridgehead atoms. The van der Waals surface area contributed by atoms with Crippen molar-refractivity contribution in [3.8, 4) is 0 Å². The Morgan fingerprint density at radius 2 is 0.500 bits per heavy atom. The van der Waals surface area contributed by atoms with Crippen LogP contribution in [0.1, 0.15) is 381 Å². The molecule has 0 heterocycles. The van der Waals surface area contributed by atoms with E-state index in [0.717, 1.165) is 102 Å². The normalized spacial score (nSPS) is 14.0. The summed E-state index contributed by atoms with van der Waals surface area (Å²) < 4.78 is 68.4. The van der Waals surface area contributed by atoms with E-state index in [2.05, 4.69) is 34.6 Å². The highest BCUT2D eigenvalue weighted by molar-refractivity contribution is 7.47. The molecule has 19 heteroatoms. The molecule has 0 radical (unpaired) electrons. The van der Waals surface area contributed by atoms with Crippen LogP contribution in [-0.4, -0.2) is 96.7 Å². The van der Waals surface area contributed by atoms with Gasteiger partial charge in [0, 0.05) is 25.7 Å². The molecular weight excluding hydrogens is 1210 g/mol. The van der Waals surface area contributed by atoms with Gasteiger partial charge in [0.05, 0.1) is 26.4 Å². The van der Waals surface area contributed by atoms with E-state index in [1.807, 2.05) is 0 Å². The lowest BCUT2D eigenvalue weighted by Gasteiger charge is -2.21. The SMILES string of the molecule is CCCCCCCCCCCCCCCCCCCC(=O)O[C@H](COC(=O)CCCCCCCCCCCCCCCC)COP(=O)(O)OC[C@@H](O)COP(=O)(O)OC[C@@H](COC(=O)CCCCCCCCCC)OC(=O)CCCCCCCCCCCCC(C)C. The van der Waals surface area contributed by atoms with Crippen molar-refractivity contribution >= 4 is 39.5 Å². The van der Waals surface area contributed by atoms with E-state index in [4.69, 9.17) is 37.0 Å². The molecular formula is C73H142O17P2. The lowest BCUT2D eigenvalue weighted by Crippen LogP contribution is -2.30. The Kier molecular flexibility index (Phi) is 64.9. The highest BCUT2D eigenvalue weighted by Gasteiger charge is 2.30. The number of carbonyl (C=O) groups is 4. The van der Waals surface area contributed by atoms with Gasteiger partial charge in [0.1, 0.15) is 19.3 Å². The van der Waals surface area contributed by atoms with Crippen molar-refractivity contribution in [2.75, 3.05) is 39.6 Å². The monoisotopic (exact) mass is 1350 g/mol. The number of aliphatic hydroxyl groups is 1. The van der Waals surface area contributed by atoms with E-state index in [-0.39, 0.29) is 25.7 Å². The number of hydrogen-bond donors (Lipinski definition) is 3. The van der Waals surface area contributed by atoms with Gasteiger partial charge in [-0.1, -0.05) is 330 Å². The molecule has 2 unspecified atom stereocenters. The summed E-state index contributed by atoms with van der Waals surface area (Å²) in [4.78, 5) is 72.6. The summed E-state index contributed by atoms with van der Waals surface area (Å²) >= 11 is 0. The molecule has 0 amide bonds. The Bertz CT molecular complexity index is 1770. The Morgan fingerprint density at radius 3 is 0.739 bits per heavy atom. The lowest BCUT2D eigenvalue weighted by atomic mass is 10.0. The predicted octanol–water partition coefficient (Wildman–Crippen LogP) is 21.3. The quantitative estimate of drug-likeness (QED) is 0.0222. The first-order valence-electron chi connectivity index (χ1n) is 38.1. The first kappa shape index (κ1) is 90.1. The number of aliphatic hydroxyl groups excluding tert-OH is 1. The van der Waals surface area contributed by atoms with E-state index in [1.54, 1.807) is 0 Å². The minimum absolute atomic E-state index is 0.106. The van der Waals surface area contributed by atoms with E-state index in [1.165, 1.54) is 199 Å². The fourth-order valence-electron chi connectivity index (χ4n) is 11.2. The Labute approximate surface area is 562 Å². The molecule has 0 saturated carbocycles. The molecule has 0 aliphatic carbocycles. The number of phosphoric ester groups is 2. The third-order valence-electron chi connectivity index (χ3n) is 17.0. The van der Waals surface area contributed by atoms with Gasteiger partial charge >= 0.3 is 39.5 Å². The average molecular weight is 1350 g/mol. The van der Waals surface area contributed by atoms with Gasteiger partial charge in [-0.3, -0.25) is 37.3 Å². The van der Waals surface area contributed by atoms with Gasteiger partial charge in [-0.15, -0.1) is 0 Å². The number of hydrogen-bond acceptors (Lipinski definition) is 15. The number of rotatable bonds is 73. The van der Waals surface area contributed by atoms with E-state index < -0.39 is 97.5 Å². The standard InChI is InChI=1S/C73H142O17P2/c1-6-9-12-15-18-21-23-25-27-28-29-31-33-38-43-48-53-58-72(77)90-69(63-84-71(76)57-52-47-42-37-32-30-26-24-22-19-16-13-10-7-2)65-88-92(81,82)86-61-67(74)60-85-91(79,80)87-64-68(62-83-70(75)56-51-46-41-20-17-14-11-8-3)89-73(78)59-54-49-44-39-35-34-36-40-45-50-55-66(4)5/h66-69,74H,6-65H2,1-5H3,(H,79,80)(H,81,82)/t67-,68+,69+/m0/s1. The molecule has 0 aromatic rings. The summed E-state index contributed by atoms with van der Waals surface area (Å²) in [5.74, 6) is -1.37. The van der Waals surface area contributed by atoms with Crippen molar-refractivity contribution < 1.29 is 80.2 Å². The van der Waals surface area contributed by atoms with Crippen LogP contribution >= 0.6 is 15.6 Å². The maximum atomic E-state index is 13.1. The lowest BCUT2D eigenvalue weighted by molar-refractivity contribution is -0.161. The summed E-state index contributed by atoms with van der Waals surface area (Å²) in [5, 5.41) is 10.6. The van der Waals surface area contributed by atoms with Crippen LogP contribution in [-0.2, 0) is 65.4 Å². The van der Waals surface area contributed by atoms with Gasteiger partial charge < -0.3 is 33.8 Å². The molecule has 0 rings (SSSR count). The van der Waals surface area contributed by atoms with Gasteiger partial charge in [-0.2, -0.15) is 0 Å². The largest absolute Gasteiger partial charge is 0.472 e. The maximum absolute atomic E-state index is 13.1. The highest BCUT2D eigenvalue weighted by Crippen LogP contribution is 2.45. The van der Waals surface area contributed by atoms with Crippen molar-refractivity contribution in [3.63, 3.8) is 0 Å². The first-order valence-corrected chi connectivity index (χ1v) is 41.1. The van der Waals surface area contributed by atoms with Gasteiger partial charge in [-0.05, 0) is 31.6 Å². The van der Waals surface area contributed by atoms with E-state index >= 15 is 0 Å². The Morgan fingerprint density at radius 1 is 0.293 bits per heavy atom. The minimum atomic E-state index is -4.95. The zero-order chi connectivity index (χ0) is 67.7. The summed E-state index contributed by atoms with van der Waals surface area (Å²) in [6, 6.07) is 0. The number of unbranched alkanes of at least 4 members (excludes halogenated alkanes) is 45. The van der Waals surface area contributed by atoms with Crippen molar-refractivity contribution in [1.29, 1.82) is 0 Å². The topological polar surface area (TPSA) is 237 Å². The second-order valence-corrected chi connectivity index (χ2v) is 29.7. The van der Waals surface area contributed by atoms with Gasteiger partial charge in [0.25, 0.3) is 0 Å². The molecule has 5 atom stereocenters. The summed E-state index contributed by atoms with van der Waals surface area (Å²) in [6.45, 7) is 7.24. The summed E-state index contributed by atoms with van der Waals surface area (Å²) in [6.07, 6.45) is 54.1. The molecule has 0 fully saturated rings. The van der Waals surface area contributed by atoms with Gasteiger partial charge in [0.15, 0.2) is 12.2 Å². The molecule has 92 heavy (non-hydrogen) atoms. The zero-order valence-corrected chi connectivity index (χ0v) is 61.5. The fraction of sp³-hybridized carbons (Fsp3) is 0.945. The van der Waals surface area contributed by atoms with Crippen LogP contribution in [0.5, 0.6) is 0 Å². The third kappa shape index (κ3) is 66.7. The number of phosphoric acid groups is 2. The molecule has 3 N–H and O–H groups in total. The molecule has 546 valence electrons. The molecule has 0 aliphatic heterocycles. The molecule has 0 aromatic carbocycles. The van der Waals surface area contributed by atoms with Crippen molar-refractivity contribution in [2.24, 2.45) is 5.92 Å². The van der Waals surface area contributed by atoms with E-state index in [9.17, 15) is 43.2 Å². The third-order valence-corrected chi connectivity index (χ3v) is 18.9. The van der Waals surface area contributed by atoms with Crippen LogP contribution in [0.2, 0.25) is 0 Å². The van der Waals surface area contributed by atoms with Crippen LogP contribution in [0.4, 0.5) is 0 Å². The average Bonchev–Trinajstić information content (AvgIpc) is 1.87. The van der Waals surface area contributed by atoms with Crippen molar-refractivity contribution in [1.82, 2.24) is 0 Å². The van der Waals surface area contributed by atoms with Crippen LogP contribution < -0.4 is 0 Å². The number of esters is 4. The summed E-state index contributed by atoms with van der Waals surface area (Å²) in [7, 11) is -9.90. The minimum Gasteiger partial charge on any atom is -0.462 e. The van der Waals surface area contributed by atoms with Gasteiger partial charge in [-0.25, -0.2) is 9.13 Å². The first-order chi connectivity index (χ1) is 44.5. The molecule has 0 saturated heterocycles. The van der Waals surface area contributed by atoms with Crippen molar-refractivity contribution in [3.05, 3.63) is 0 Å². The van der Waals surface area contributed by atoms with Crippen LogP contribution in [0, 0.1) is 5.92 Å². The Hall–Kier alpha value is -1.94. The fourth-order valence-corrected chi connectivity index (χ4v) is 12.8. The van der Waals surface area contributed by atoms with E-state index in [0.29, 0.717) is 25.7 Å². The Balaban J connectivity index is 5.22. The molecule has 0 aliphatic rings. The maximum Gasteiger partial charge on any atom is 0.472 e. The van der Waals surface area contributed by atoms with Gasteiger partial charge in [0.2, 0.25) is 0 Å².